The highest BCUT2D eigenvalue weighted by atomic mass is 79.9. The molecule has 1 saturated heterocycles. The lowest BCUT2D eigenvalue weighted by atomic mass is 9.77. The molecule has 1 aromatic rings. The number of carbonyl (C=O) groups is 1. The number of hydrogen-bond donors (Lipinski definition) is 0. The Morgan fingerprint density at radius 2 is 1.92 bits per heavy atom. The fourth-order valence-corrected chi connectivity index (χ4v) is 4.44. The summed E-state index contributed by atoms with van der Waals surface area (Å²) in [5, 5.41) is 0. The summed E-state index contributed by atoms with van der Waals surface area (Å²) in [5.74, 6) is 0.979. The Hall–Kier alpha value is -1.23. The molecule has 1 atom stereocenters. The number of amides is 1. The molecule has 1 saturated carbocycles. The Balaban J connectivity index is 1.54. The van der Waals surface area contributed by atoms with Gasteiger partial charge in [-0.05, 0) is 77.3 Å². The van der Waals surface area contributed by atoms with E-state index in [1.807, 2.05) is 37.8 Å². The number of rotatable bonds is 2. The van der Waals surface area contributed by atoms with Gasteiger partial charge in [0, 0.05) is 23.1 Å². The predicted octanol–water partition coefficient (Wildman–Crippen LogP) is 5.71. The zero-order valence-electron chi connectivity index (χ0n) is 16.3. The molecule has 1 heterocycles. The van der Waals surface area contributed by atoms with E-state index in [2.05, 4.69) is 28.9 Å². The number of benzene rings is 1. The van der Waals surface area contributed by atoms with Crippen LogP contribution in [0.2, 0.25) is 0 Å². The van der Waals surface area contributed by atoms with Gasteiger partial charge < -0.3 is 14.4 Å². The van der Waals surface area contributed by atoms with Crippen LogP contribution in [-0.4, -0.2) is 35.8 Å². The largest absolute Gasteiger partial charge is 0.490 e. The van der Waals surface area contributed by atoms with Crippen LogP contribution in [0.4, 0.5) is 4.79 Å². The maximum atomic E-state index is 12.3. The van der Waals surface area contributed by atoms with Gasteiger partial charge in [0.1, 0.15) is 11.4 Å². The summed E-state index contributed by atoms with van der Waals surface area (Å²) < 4.78 is 12.9. The second kappa shape index (κ2) is 7.41. The third kappa shape index (κ3) is 4.54. The standard InChI is InChI=1S/C21H30BrNO3/c1-15-17(22)6-5-7-18(15)25-16-8-9-21(14-16)10-12-23(13-11-21)19(24)26-20(2,3)4/h5-7,16H,8-14H2,1-4H3. The third-order valence-corrected chi connectivity index (χ3v) is 6.50. The average Bonchev–Trinajstić information content (AvgIpc) is 2.93. The second-order valence-electron chi connectivity index (χ2n) is 8.81. The zero-order valence-corrected chi connectivity index (χ0v) is 17.9. The van der Waals surface area contributed by atoms with Gasteiger partial charge in [-0.25, -0.2) is 4.79 Å². The molecule has 1 unspecified atom stereocenters. The topological polar surface area (TPSA) is 38.8 Å². The van der Waals surface area contributed by atoms with E-state index in [1.165, 1.54) is 6.42 Å². The molecular formula is C21H30BrNO3. The molecule has 1 amide bonds. The van der Waals surface area contributed by atoms with Crippen LogP contribution < -0.4 is 4.74 Å². The first-order valence-electron chi connectivity index (χ1n) is 9.57. The number of halogens is 1. The van der Waals surface area contributed by atoms with Gasteiger partial charge in [0.05, 0.1) is 6.10 Å². The summed E-state index contributed by atoms with van der Waals surface area (Å²) in [6, 6.07) is 6.12. The van der Waals surface area contributed by atoms with Crippen LogP contribution in [0.5, 0.6) is 5.75 Å². The van der Waals surface area contributed by atoms with Crippen molar-refractivity contribution in [3.05, 3.63) is 28.2 Å². The Bertz CT molecular complexity index is 660. The van der Waals surface area contributed by atoms with E-state index in [4.69, 9.17) is 9.47 Å². The van der Waals surface area contributed by atoms with E-state index in [0.29, 0.717) is 5.41 Å². The number of nitrogens with zero attached hydrogens (tertiary/aromatic N) is 1. The van der Waals surface area contributed by atoms with Crippen molar-refractivity contribution in [3.8, 4) is 5.75 Å². The molecule has 3 rings (SSSR count). The monoisotopic (exact) mass is 423 g/mol. The van der Waals surface area contributed by atoms with E-state index < -0.39 is 5.60 Å². The molecule has 2 fully saturated rings. The Labute approximate surface area is 165 Å². The number of likely N-dealkylation sites (tertiary alicyclic amines) is 1. The maximum absolute atomic E-state index is 12.3. The molecule has 0 radical (unpaired) electrons. The first kappa shape index (κ1) is 19.5. The van der Waals surface area contributed by atoms with Gasteiger partial charge in [0.2, 0.25) is 0 Å². The fraction of sp³-hybridized carbons (Fsp3) is 0.667. The molecule has 0 N–H and O–H groups in total. The van der Waals surface area contributed by atoms with Gasteiger partial charge >= 0.3 is 6.09 Å². The van der Waals surface area contributed by atoms with Crippen molar-refractivity contribution < 1.29 is 14.3 Å². The first-order chi connectivity index (χ1) is 12.2. The highest BCUT2D eigenvalue weighted by Gasteiger charge is 2.43. The molecule has 1 aliphatic heterocycles. The van der Waals surface area contributed by atoms with Crippen LogP contribution in [0.15, 0.2) is 22.7 Å². The van der Waals surface area contributed by atoms with Crippen molar-refractivity contribution in [1.29, 1.82) is 0 Å². The van der Waals surface area contributed by atoms with Crippen LogP contribution in [0.25, 0.3) is 0 Å². The highest BCUT2D eigenvalue weighted by molar-refractivity contribution is 9.10. The van der Waals surface area contributed by atoms with Gasteiger partial charge in [0.15, 0.2) is 0 Å². The van der Waals surface area contributed by atoms with Crippen LogP contribution in [0.1, 0.15) is 58.4 Å². The quantitative estimate of drug-likeness (QED) is 0.611. The zero-order chi connectivity index (χ0) is 18.9. The SMILES string of the molecule is Cc1c(Br)cccc1OC1CCC2(CCN(C(=O)OC(C)(C)C)CC2)C1. The first-order valence-corrected chi connectivity index (χ1v) is 10.4. The number of carbonyl (C=O) groups excluding carboxylic acids is 1. The average molecular weight is 424 g/mol. The van der Waals surface area contributed by atoms with E-state index in [0.717, 1.165) is 54.6 Å². The minimum atomic E-state index is -0.430. The molecule has 5 heteroatoms. The van der Waals surface area contributed by atoms with Crippen molar-refractivity contribution in [1.82, 2.24) is 4.90 Å². The molecule has 2 aliphatic rings. The minimum absolute atomic E-state index is 0.178. The van der Waals surface area contributed by atoms with Crippen molar-refractivity contribution in [3.63, 3.8) is 0 Å². The molecule has 26 heavy (non-hydrogen) atoms. The van der Waals surface area contributed by atoms with Gasteiger partial charge in [-0.15, -0.1) is 0 Å². The van der Waals surface area contributed by atoms with Gasteiger partial charge in [0.25, 0.3) is 0 Å². The lowest BCUT2D eigenvalue weighted by Crippen LogP contribution is -2.44. The van der Waals surface area contributed by atoms with E-state index in [1.54, 1.807) is 0 Å². The summed E-state index contributed by atoms with van der Waals surface area (Å²) in [6.45, 7) is 9.41. The number of piperidine rings is 1. The smallest absolute Gasteiger partial charge is 0.410 e. The lowest BCUT2D eigenvalue weighted by molar-refractivity contribution is 0.00956. The maximum Gasteiger partial charge on any atom is 0.410 e. The summed E-state index contributed by atoms with van der Waals surface area (Å²) in [7, 11) is 0. The lowest BCUT2D eigenvalue weighted by Gasteiger charge is -2.39. The van der Waals surface area contributed by atoms with E-state index >= 15 is 0 Å². The molecule has 1 aliphatic carbocycles. The fourth-order valence-electron chi connectivity index (χ4n) is 4.09. The molecule has 0 bridgehead atoms. The molecule has 1 aromatic carbocycles. The number of ether oxygens (including phenoxy) is 2. The normalized spacial score (nSPS) is 22.5. The summed E-state index contributed by atoms with van der Waals surface area (Å²) >= 11 is 3.58. The molecule has 144 valence electrons. The predicted molar refractivity (Wildman–Crippen MR) is 107 cm³/mol. The van der Waals surface area contributed by atoms with Gasteiger partial charge in [-0.1, -0.05) is 22.0 Å². The van der Waals surface area contributed by atoms with Crippen molar-refractivity contribution in [2.75, 3.05) is 13.1 Å². The summed E-state index contributed by atoms with van der Waals surface area (Å²) in [6.07, 6.45) is 5.55. The van der Waals surface area contributed by atoms with E-state index in [-0.39, 0.29) is 12.2 Å². The van der Waals surface area contributed by atoms with Gasteiger partial charge in [-0.3, -0.25) is 0 Å². The Kier molecular flexibility index (Phi) is 5.57. The van der Waals surface area contributed by atoms with Gasteiger partial charge in [-0.2, -0.15) is 0 Å². The van der Waals surface area contributed by atoms with Crippen LogP contribution in [0.3, 0.4) is 0 Å². The van der Waals surface area contributed by atoms with Crippen molar-refractivity contribution in [2.45, 2.75) is 71.5 Å². The van der Waals surface area contributed by atoms with Crippen LogP contribution >= 0.6 is 15.9 Å². The van der Waals surface area contributed by atoms with Crippen molar-refractivity contribution in [2.24, 2.45) is 5.41 Å². The summed E-state index contributed by atoms with van der Waals surface area (Å²) in [4.78, 5) is 14.1. The Morgan fingerprint density at radius 1 is 1.23 bits per heavy atom. The molecular weight excluding hydrogens is 394 g/mol. The van der Waals surface area contributed by atoms with Crippen LogP contribution in [0, 0.1) is 12.3 Å². The molecule has 4 nitrogen and oxygen atoms in total. The summed E-state index contributed by atoms with van der Waals surface area (Å²) in [5.41, 5.74) is 1.05. The molecule has 0 aromatic heterocycles. The molecule has 1 spiro atoms. The van der Waals surface area contributed by atoms with Crippen molar-refractivity contribution >= 4 is 22.0 Å². The number of hydrogen-bond acceptors (Lipinski definition) is 3. The second-order valence-corrected chi connectivity index (χ2v) is 9.67. The van der Waals surface area contributed by atoms with E-state index in [9.17, 15) is 4.79 Å². The third-order valence-electron chi connectivity index (χ3n) is 5.64. The van der Waals surface area contributed by atoms with Crippen LogP contribution in [-0.2, 0) is 4.74 Å². The minimum Gasteiger partial charge on any atom is -0.490 e. The highest BCUT2D eigenvalue weighted by Crippen LogP contribution is 2.47. The Morgan fingerprint density at radius 3 is 2.58 bits per heavy atom.